The highest BCUT2D eigenvalue weighted by Crippen LogP contribution is 2.63. The van der Waals surface area contributed by atoms with Crippen molar-refractivity contribution in [3.8, 4) is 6.07 Å². The van der Waals surface area contributed by atoms with Gasteiger partial charge in [0, 0.05) is 10.9 Å². The molecule has 102 valence electrons. The molecule has 2 unspecified atom stereocenters. The Kier molecular flexibility index (Phi) is 3.14. The fourth-order valence-corrected chi connectivity index (χ4v) is 2.85. The Morgan fingerprint density at radius 3 is 2.65 bits per heavy atom. The first-order valence-electron chi connectivity index (χ1n) is 6.49. The Morgan fingerprint density at radius 1 is 1.35 bits per heavy atom. The summed E-state index contributed by atoms with van der Waals surface area (Å²) in [5.41, 5.74) is 1.07. The standard InChI is InChI=1S/C15H14BrN3O/c1-15(2)11(8-17)13(15)14-18-12(19-20-14)7-9-3-5-10(16)6-4-9/h3-6,11,13H,7H2,1-2H3. The van der Waals surface area contributed by atoms with Gasteiger partial charge >= 0.3 is 0 Å². The second-order valence-electron chi connectivity index (χ2n) is 5.76. The SMILES string of the molecule is CC1(C)C(C#N)C1c1nc(Cc2ccc(Br)cc2)no1. The highest BCUT2D eigenvalue weighted by Gasteiger charge is 2.62. The van der Waals surface area contributed by atoms with Crippen molar-refractivity contribution in [2.24, 2.45) is 11.3 Å². The first-order valence-corrected chi connectivity index (χ1v) is 7.28. The second-order valence-corrected chi connectivity index (χ2v) is 6.67. The molecule has 4 nitrogen and oxygen atoms in total. The predicted molar refractivity (Wildman–Crippen MR) is 76.9 cm³/mol. The largest absolute Gasteiger partial charge is 0.339 e. The molecule has 1 heterocycles. The molecule has 0 aliphatic heterocycles. The van der Waals surface area contributed by atoms with Crippen LogP contribution in [-0.4, -0.2) is 10.1 Å². The monoisotopic (exact) mass is 331 g/mol. The predicted octanol–water partition coefficient (Wildman–Crippen LogP) is 3.69. The third kappa shape index (κ3) is 2.25. The summed E-state index contributed by atoms with van der Waals surface area (Å²) >= 11 is 3.41. The minimum Gasteiger partial charge on any atom is -0.339 e. The summed E-state index contributed by atoms with van der Waals surface area (Å²) in [5.74, 6) is 1.30. The summed E-state index contributed by atoms with van der Waals surface area (Å²) in [6.07, 6.45) is 0.640. The molecule has 0 N–H and O–H groups in total. The van der Waals surface area contributed by atoms with Crippen LogP contribution in [0.15, 0.2) is 33.3 Å². The van der Waals surface area contributed by atoms with Crippen LogP contribution in [0.4, 0.5) is 0 Å². The van der Waals surface area contributed by atoms with Gasteiger partial charge < -0.3 is 4.52 Å². The van der Waals surface area contributed by atoms with Gasteiger partial charge in [-0.25, -0.2) is 0 Å². The Balaban J connectivity index is 1.75. The molecule has 2 atom stereocenters. The molecule has 1 aromatic carbocycles. The van der Waals surface area contributed by atoms with Crippen molar-refractivity contribution >= 4 is 15.9 Å². The summed E-state index contributed by atoms with van der Waals surface area (Å²) in [6.45, 7) is 4.12. The van der Waals surface area contributed by atoms with Gasteiger partial charge in [0.2, 0.25) is 5.89 Å². The number of nitrogens with zero attached hydrogens (tertiary/aromatic N) is 3. The van der Waals surface area contributed by atoms with E-state index in [1.807, 2.05) is 24.3 Å². The molecule has 0 bridgehead atoms. The van der Waals surface area contributed by atoms with Gasteiger partial charge in [-0.15, -0.1) is 0 Å². The molecule has 1 aliphatic rings. The molecule has 0 spiro atoms. The molecule has 20 heavy (non-hydrogen) atoms. The molecule has 3 rings (SSSR count). The fraction of sp³-hybridized carbons (Fsp3) is 0.400. The van der Waals surface area contributed by atoms with Crippen molar-refractivity contribution < 1.29 is 4.52 Å². The van der Waals surface area contributed by atoms with Crippen LogP contribution in [0.2, 0.25) is 0 Å². The van der Waals surface area contributed by atoms with E-state index in [0.29, 0.717) is 18.1 Å². The second kappa shape index (κ2) is 4.71. The topological polar surface area (TPSA) is 62.7 Å². The van der Waals surface area contributed by atoms with Crippen molar-refractivity contribution in [2.45, 2.75) is 26.2 Å². The minimum atomic E-state index is -0.0594. The summed E-state index contributed by atoms with van der Waals surface area (Å²) in [6, 6.07) is 10.3. The van der Waals surface area contributed by atoms with E-state index in [1.54, 1.807) is 0 Å². The molecule has 0 radical (unpaired) electrons. The smallest absolute Gasteiger partial charge is 0.231 e. The van der Waals surface area contributed by atoms with Crippen LogP contribution in [-0.2, 0) is 6.42 Å². The van der Waals surface area contributed by atoms with Crippen LogP contribution in [0, 0.1) is 22.7 Å². The quantitative estimate of drug-likeness (QED) is 0.860. The lowest BCUT2D eigenvalue weighted by Gasteiger charge is -1.96. The first-order chi connectivity index (χ1) is 9.52. The van der Waals surface area contributed by atoms with E-state index in [0.717, 1.165) is 10.0 Å². The first kappa shape index (κ1) is 13.3. The van der Waals surface area contributed by atoms with Crippen molar-refractivity contribution in [3.63, 3.8) is 0 Å². The number of hydrogen-bond donors (Lipinski definition) is 0. The minimum absolute atomic E-state index is 0.0246. The molecular weight excluding hydrogens is 318 g/mol. The van der Waals surface area contributed by atoms with Gasteiger partial charge in [0.05, 0.1) is 17.9 Å². The molecule has 1 saturated carbocycles. The van der Waals surface area contributed by atoms with E-state index < -0.39 is 0 Å². The molecule has 0 saturated heterocycles. The maximum Gasteiger partial charge on any atom is 0.231 e. The van der Waals surface area contributed by atoms with Gasteiger partial charge in [0.25, 0.3) is 0 Å². The molecule has 5 heteroatoms. The van der Waals surface area contributed by atoms with Gasteiger partial charge in [0.1, 0.15) is 0 Å². The van der Waals surface area contributed by atoms with Crippen molar-refractivity contribution in [3.05, 3.63) is 46.0 Å². The Hall–Kier alpha value is -1.67. The lowest BCUT2D eigenvalue weighted by Crippen LogP contribution is -1.93. The Bertz CT molecular complexity index is 669. The van der Waals surface area contributed by atoms with Gasteiger partial charge in [0.15, 0.2) is 5.82 Å². The van der Waals surface area contributed by atoms with Crippen molar-refractivity contribution in [2.75, 3.05) is 0 Å². The maximum absolute atomic E-state index is 9.10. The van der Waals surface area contributed by atoms with Gasteiger partial charge in [-0.05, 0) is 23.1 Å². The average Bonchev–Trinajstić information content (AvgIpc) is 2.75. The van der Waals surface area contributed by atoms with E-state index in [9.17, 15) is 0 Å². The number of aromatic nitrogens is 2. The van der Waals surface area contributed by atoms with E-state index >= 15 is 0 Å². The Morgan fingerprint density at radius 2 is 2.05 bits per heavy atom. The van der Waals surface area contributed by atoms with Crippen LogP contribution in [0.1, 0.15) is 37.0 Å². The summed E-state index contributed by atoms with van der Waals surface area (Å²) in [4.78, 5) is 4.44. The van der Waals surface area contributed by atoms with Gasteiger partial charge in [-0.1, -0.05) is 47.1 Å². The van der Waals surface area contributed by atoms with Crippen LogP contribution in [0.3, 0.4) is 0 Å². The third-order valence-electron chi connectivity index (χ3n) is 3.99. The normalized spacial score (nSPS) is 23.3. The van der Waals surface area contributed by atoms with E-state index in [4.69, 9.17) is 9.78 Å². The zero-order valence-electron chi connectivity index (χ0n) is 11.3. The van der Waals surface area contributed by atoms with E-state index in [-0.39, 0.29) is 17.3 Å². The van der Waals surface area contributed by atoms with E-state index in [1.165, 1.54) is 0 Å². The highest BCUT2D eigenvalue weighted by molar-refractivity contribution is 9.10. The number of rotatable bonds is 3. The zero-order valence-corrected chi connectivity index (χ0v) is 12.9. The average molecular weight is 332 g/mol. The van der Waals surface area contributed by atoms with Crippen molar-refractivity contribution in [1.29, 1.82) is 5.26 Å². The van der Waals surface area contributed by atoms with Gasteiger partial charge in [-0.3, -0.25) is 0 Å². The molecular formula is C15H14BrN3O. The molecule has 2 aromatic rings. The van der Waals surface area contributed by atoms with Gasteiger partial charge in [-0.2, -0.15) is 10.2 Å². The maximum atomic E-state index is 9.10. The molecule has 1 aromatic heterocycles. The fourth-order valence-electron chi connectivity index (χ4n) is 2.59. The lowest BCUT2D eigenvalue weighted by atomic mass is 10.1. The number of hydrogen-bond acceptors (Lipinski definition) is 4. The summed E-state index contributed by atoms with van der Waals surface area (Å²) < 4.78 is 6.38. The lowest BCUT2D eigenvalue weighted by molar-refractivity contribution is 0.363. The van der Waals surface area contributed by atoms with Crippen LogP contribution in [0.5, 0.6) is 0 Å². The van der Waals surface area contributed by atoms with Crippen molar-refractivity contribution in [1.82, 2.24) is 10.1 Å². The van der Waals surface area contributed by atoms with Crippen LogP contribution >= 0.6 is 15.9 Å². The molecule has 1 aliphatic carbocycles. The highest BCUT2D eigenvalue weighted by atomic mass is 79.9. The molecule has 1 fully saturated rings. The Labute approximate surface area is 125 Å². The van der Waals surface area contributed by atoms with E-state index in [2.05, 4.69) is 46.0 Å². The molecule has 0 amide bonds. The number of nitriles is 1. The van der Waals surface area contributed by atoms with Crippen LogP contribution < -0.4 is 0 Å². The third-order valence-corrected chi connectivity index (χ3v) is 4.52. The number of benzene rings is 1. The zero-order chi connectivity index (χ0) is 14.3. The summed E-state index contributed by atoms with van der Waals surface area (Å²) in [5, 5.41) is 13.1. The van der Waals surface area contributed by atoms with Crippen LogP contribution in [0.25, 0.3) is 0 Å². The number of halogens is 1. The summed E-state index contributed by atoms with van der Waals surface area (Å²) in [7, 11) is 0.